The lowest BCUT2D eigenvalue weighted by Crippen LogP contribution is -2.52. The standard InChI is InChI=1S/C32H41N3O4S/c1-6-27-15-11-12-16-30(27)35(40(38,39)28-19-17-25(5)18-20-28)23-31(36)34(22-26-13-9-8-10-14-26)29(7-2)32(37)33-21-24(3)4/h8-20,24,29H,6-7,21-23H2,1-5H3,(H,33,37)/t29-/m1/s1. The number of aryl methyl sites for hydroxylation is 2. The van der Waals surface area contributed by atoms with Crippen LogP contribution in [0.4, 0.5) is 5.69 Å². The number of nitrogens with one attached hydrogen (secondary N) is 1. The van der Waals surface area contributed by atoms with Gasteiger partial charge in [0, 0.05) is 13.1 Å². The summed E-state index contributed by atoms with van der Waals surface area (Å²) < 4.78 is 29.3. The first kappa shape index (κ1) is 30.9. The van der Waals surface area contributed by atoms with Crippen LogP contribution in [-0.2, 0) is 32.6 Å². The SMILES string of the molecule is CCc1ccccc1N(CC(=O)N(Cc1ccccc1)[C@H](CC)C(=O)NCC(C)C)S(=O)(=O)c1ccc(C)cc1. The highest BCUT2D eigenvalue weighted by molar-refractivity contribution is 7.92. The Kier molecular flexibility index (Phi) is 10.9. The van der Waals surface area contributed by atoms with Crippen molar-refractivity contribution in [3.05, 3.63) is 95.6 Å². The third kappa shape index (κ3) is 7.72. The molecule has 1 N–H and O–H groups in total. The molecule has 0 aromatic heterocycles. The largest absolute Gasteiger partial charge is 0.354 e. The average molecular weight is 564 g/mol. The molecule has 0 fully saturated rings. The number of anilines is 1. The molecule has 0 spiro atoms. The van der Waals surface area contributed by atoms with E-state index in [4.69, 9.17) is 0 Å². The number of sulfonamides is 1. The summed E-state index contributed by atoms with van der Waals surface area (Å²) in [6.07, 6.45) is 0.978. The van der Waals surface area contributed by atoms with Crippen LogP contribution in [0.1, 0.15) is 50.8 Å². The third-order valence-corrected chi connectivity index (χ3v) is 8.57. The lowest BCUT2D eigenvalue weighted by Gasteiger charge is -2.33. The first-order valence-corrected chi connectivity index (χ1v) is 15.3. The number of hydrogen-bond acceptors (Lipinski definition) is 4. The van der Waals surface area contributed by atoms with E-state index < -0.39 is 28.5 Å². The van der Waals surface area contributed by atoms with Gasteiger partial charge >= 0.3 is 0 Å². The van der Waals surface area contributed by atoms with Gasteiger partial charge in [0.05, 0.1) is 10.6 Å². The molecule has 1 atom stereocenters. The van der Waals surface area contributed by atoms with E-state index in [1.807, 2.05) is 77.1 Å². The van der Waals surface area contributed by atoms with Crippen LogP contribution in [0, 0.1) is 12.8 Å². The Morgan fingerprint density at radius 1 is 0.875 bits per heavy atom. The van der Waals surface area contributed by atoms with Crippen LogP contribution >= 0.6 is 0 Å². The van der Waals surface area contributed by atoms with Crippen LogP contribution < -0.4 is 9.62 Å². The summed E-state index contributed by atoms with van der Waals surface area (Å²) >= 11 is 0. The summed E-state index contributed by atoms with van der Waals surface area (Å²) in [6, 6.07) is 22.5. The molecular weight excluding hydrogens is 522 g/mol. The maximum atomic E-state index is 14.1. The van der Waals surface area contributed by atoms with Crippen LogP contribution in [0.15, 0.2) is 83.8 Å². The molecule has 0 bridgehead atoms. The number of hydrogen-bond donors (Lipinski definition) is 1. The zero-order valence-electron chi connectivity index (χ0n) is 24.1. The van der Waals surface area contributed by atoms with E-state index >= 15 is 0 Å². The molecule has 3 aromatic rings. The van der Waals surface area contributed by atoms with Gasteiger partial charge in [0.15, 0.2) is 0 Å². The first-order valence-electron chi connectivity index (χ1n) is 13.9. The maximum absolute atomic E-state index is 14.1. The van der Waals surface area contributed by atoms with Crippen LogP contribution in [0.5, 0.6) is 0 Å². The Labute approximate surface area is 239 Å². The van der Waals surface area contributed by atoms with E-state index in [0.29, 0.717) is 25.1 Å². The monoisotopic (exact) mass is 563 g/mol. The molecule has 0 aliphatic carbocycles. The summed E-state index contributed by atoms with van der Waals surface area (Å²) in [5.41, 5.74) is 3.05. The Morgan fingerprint density at radius 3 is 2.10 bits per heavy atom. The molecule has 7 nitrogen and oxygen atoms in total. The van der Waals surface area contributed by atoms with Gasteiger partial charge in [-0.2, -0.15) is 0 Å². The Morgan fingerprint density at radius 2 is 1.50 bits per heavy atom. The fraction of sp³-hybridized carbons (Fsp3) is 0.375. The zero-order valence-corrected chi connectivity index (χ0v) is 24.9. The van der Waals surface area contributed by atoms with Crippen molar-refractivity contribution in [1.29, 1.82) is 0 Å². The lowest BCUT2D eigenvalue weighted by molar-refractivity contribution is -0.140. The molecule has 0 saturated carbocycles. The van der Waals surface area contributed by atoms with Crippen LogP contribution in [0.2, 0.25) is 0 Å². The topological polar surface area (TPSA) is 86.8 Å². The van der Waals surface area contributed by atoms with Gasteiger partial charge in [-0.1, -0.05) is 93.9 Å². The molecule has 2 amide bonds. The van der Waals surface area contributed by atoms with E-state index in [2.05, 4.69) is 5.32 Å². The van der Waals surface area contributed by atoms with Gasteiger partial charge in [-0.25, -0.2) is 8.42 Å². The second-order valence-corrected chi connectivity index (χ2v) is 12.2. The average Bonchev–Trinajstić information content (AvgIpc) is 2.95. The van der Waals surface area contributed by atoms with E-state index in [1.165, 1.54) is 9.21 Å². The molecule has 40 heavy (non-hydrogen) atoms. The van der Waals surface area contributed by atoms with Gasteiger partial charge in [0.2, 0.25) is 11.8 Å². The molecule has 0 radical (unpaired) electrons. The lowest BCUT2D eigenvalue weighted by atomic mass is 10.1. The minimum absolute atomic E-state index is 0.105. The molecule has 0 aliphatic heterocycles. The number of nitrogens with zero attached hydrogens (tertiary/aromatic N) is 2. The summed E-state index contributed by atoms with van der Waals surface area (Å²) in [5, 5.41) is 2.95. The summed E-state index contributed by atoms with van der Waals surface area (Å²) in [4.78, 5) is 29.0. The van der Waals surface area contributed by atoms with Crippen LogP contribution in [-0.4, -0.2) is 44.3 Å². The van der Waals surface area contributed by atoms with Gasteiger partial charge in [0.1, 0.15) is 12.6 Å². The second-order valence-electron chi connectivity index (χ2n) is 10.4. The van der Waals surface area contributed by atoms with Crippen molar-refractivity contribution >= 4 is 27.5 Å². The molecule has 214 valence electrons. The van der Waals surface area contributed by atoms with Crippen LogP contribution in [0.3, 0.4) is 0 Å². The van der Waals surface area contributed by atoms with Crippen molar-refractivity contribution in [2.75, 3.05) is 17.4 Å². The highest BCUT2D eigenvalue weighted by Gasteiger charge is 2.34. The van der Waals surface area contributed by atoms with Crippen molar-refractivity contribution in [2.24, 2.45) is 5.92 Å². The number of carbonyl (C=O) groups is 2. The van der Waals surface area contributed by atoms with Crippen LogP contribution in [0.25, 0.3) is 0 Å². The highest BCUT2D eigenvalue weighted by Crippen LogP contribution is 2.28. The van der Waals surface area contributed by atoms with Crippen molar-refractivity contribution in [3.63, 3.8) is 0 Å². The number of carbonyl (C=O) groups excluding carboxylic acids is 2. The molecule has 3 rings (SSSR count). The minimum Gasteiger partial charge on any atom is -0.354 e. The first-order chi connectivity index (χ1) is 19.1. The molecule has 0 saturated heterocycles. The fourth-order valence-electron chi connectivity index (χ4n) is 4.53. The predicted molar refractivity (Wildman–Crippen MR) is 160 cm³/mol. The number of para-hydroxylation sites is 1. The van der Waals surface area contributed by atoms with Crippen molar-refractivity contribution < 1.29 is 18.0 Å². The van der Waals surface area contributed by atoms with Crippen molar-refractivity contribution in [2.45, 2.75) is 64.9 Å². The third-order valence-electron chi connectivity index (χ3n) is 6.80. The van der Waals surface area contributed by atoms with E-state index in [-0.39, 0.29) is 23.3 Å². The maximum Gasteiger partial charge on any atom is 0.264 e. The van der Waals surface area contributed by atoms with E-state index in [1.54, 1.807) is 36.4 Å². The normalized spacial score (nSPS) is 12.2. The predicted octanol–water partition coefficient (Wildman–Crippen LogP) is 5.33. The number of amides is 2. The van der Waals surface area contributed by atoms with E-state index in [9.17, 15) is 18.0 Å². The minimum atomic E-state index is -4.09. The van der Waals surface area contributed by atoms with Gasteiger partial charge in [-0.3, -0.25) is 13.9 Å². The number of benzene rings is 3. The van der Waals surface area contributed by atoms with E-state index in [0.717, 1.165) is 16.7 Å². The summed E-state index contributed by atoms with van der Waals surface area (Å²) in [7, 11) is -4.09. The Hall–Kier alpha value is -3.65. The molecule has 3 aromatic carbocycles. The molecular formula is C32H41N3O4S. The molecule has 0 aliphatic rings. The van der Waals surface area contributed by atoms with Gasteiger partial charge in [0.25, 0.3) is 10.0 Å². The quantitative estimate of drug-likeness (QED) is 0.305. The zero-order chi connectivity index (χ0) is 29.3. The highest BCUT2D eigenvalue weighted by atomic mass is 32.2. The Balaban J connectivity index is 2.07. The molecule has 8 heteroatoms. The van der Waals surface area contributed by atoms with Crippen molar-refractivity contribution in [1.82, 2.24) is 10.2 Å². The summed E-state index contributed by atoms with van der Waals surface area (Å²) in [6.45, 7) is 9.94. The van der Waals surface area contributed by atoms with Gasteiger partial charge in [-0.05, 0) is 55.0 Å². The number of rotatable bonds is 13. The molecule has 0 unspecified atom stereocenters. The van der Waals surface area contributed by atoms with Crippen molar-refractivity contribution in [3.8, 4) is 0 Å². The smallest absolute Gasteiger partial charge is 0.264 e. The Bertz CT molecular complexity index is 1370. The second kappa shape index (κ2) is 14.1. The van der Waals surface area contributed by atoms with Gasteiger partial charge in [-0.15, -0.1) is 0 Å². The molecule has 0 heterocycles. The van der Waals surface area contributed by atoms with Gasteiger partial charge < -0.3 is 10.2 Å². The fourth-order valence-corrected chi connectivity index (χ4v) is 5.98. The summed E-state index contributed by atoms with van der Waals surface area (Å²) in [5.74, 6) is -0.445.